The van der Waals surface area contributed by atoms with Crippen LogP contribution in [0.5, 0.6) is 0 Å². The van der Waals surface area contributed by atoms with Crippen molar-refractivity contribution in [3.8, 4) is 5.69 Å². The lowest BCUT2D eigenvalue weighted by atomic mass is 10.3. The van der Waals surface area contributed by atoms with Crippen molar-refractivity contribution in [2.24, 2.45) is 0 Å². The number of carbonyl (C=O) groups is 1. The van der Waals surface area contributed by atoms with Gasteiger partial charge in [0.05, 0.1) is 22.6 Å². The molecule has 3 aromatic rings. The molecule has 3 rings (SSSR count). The van der Waals surface area contributed by atoms with Crippen molar-refractivity contribution in [1.29, 1.82) is 0 Å². The first-order valence-corrected chi connectivity index (χ1v) is 9.65. The topological polar surface area (TPSA) is 75.9 Å². The number of hydrogen-bond donors (Lipinski definition) is 1. The zero-order valence-electron chi connectivity index (χ0n) is 16.0. The molecule has 0 fully saturated rings. The van der Waals surface area contributed by atoms with E-state index in [0.29, 0.717) is 18.9 Å². The number of para-hydroxylation sites is 1. The second-order valence-corrected chi connectivity index (χ2v) is 6.54. The Labute approximate surface area is 169 Å². The smallest absolute Gasteiger partial charge is 0.271 e. The summed E-state index contributed by atoms with van der Waals surface area (Å²) in [6.45, 7) is 5.96. The van der Waals surface area contributed by atoms with Crippen LogP contribution in [0.25, 0.3) is 5.69 Å². The van der Waals surface area contributed by atoms with E-state index in [1.807, 2.05) is 66.0 Å². The molecule has 1 amide bonds. The van der Waals surface area contributed by atoms with Crippen LogP contribution >= 0.6 is 11.6 Å². The van der Waals surface area contributed by atoms with Gasteiger partial charge in [-0.15, -0.1) is 0 Å². The Morgan fingerprint density at radius 2 is 1.93 bits per heavy atom. The zero-order valence-corrected chi connectivity index (χ0v) is 16.7. The summed E-state index contributed by atoms with van der Waals surface area (Å²) >= 11 is 6.13. The quantitative estimate of drug-likeness (QED) is 0.630. The number of anilines is 1. The monoisotopic (exact) mass is 398 g/mol. The largest absolute Gasteiger partial charge is 0.350 e. The van der Waals surface area contributed by atoms with Crippen LogP contribution in [0.15, 0.2) is 48.8 Å². The van der Waals surface area contributed by atoms with Crippen molar-refractivity contribution in [3.05, 3.63) is 65.2 Å². The highest BCUT2D eigenvalue weighted by molar-refractivity contribution is 6.33. The van der Waals surface area contributed by atoms with Crippen molar-refractivity contribution in [3.63, 3.8) is 0 Å². The van der Waals surface area contributed by atoms with Gasteiger partial charge >= 0.3 is 0 Å². The fourth-order valence-corrected chi connectivity index (χ4v) is 2.96. The molecule has 0 unspecified atom stereocenters. The maximum Gasteiger partial charge on any atom is 0.271 e. The molecule has 8 heteroatoms. The Hall–Kier alpha value is -2.93. The van der Waals surface area contributed by atoms with E-state index in [1.54, 1.807) is 0 Å². The first kappa shape index (κ1) is 19.8. The van der Waals surface area contributed by atoms with E-state index >= 15 is 0 Å². The predicted molar refractivity (Wildman–Crippen MR) is 110 cm³/mol. The molecule has 0 aliphatic rings. The Morgan fingerprint density at radius 3 is 2.64 bits per heavy atom. The lowest BCUT2D eigenvalue weighted by Gasteiger charge is -2.18. The van der Waals surface area contributed by atoms with Gasteiger partial charge in [-0.1, -0.05) is 29.8 Å². The molecule has 28 heavy (non-hydrogen) atoms. The summed E-state index contributed by atoms with van der Waals surface area (Å²) in [4.78, 5) is 23.0. The molecule has 0 saturated carbocycles. The molecule has 0 radical (unpaired) electrons. The van der Waals surface area contributed by atoms with E-state index in [0.717, 1.165) is 24.5 Å². The Balaban J connectivity index is 1.60. The highest BCUT2D eigenvalue weighted by atomic mass is 35.5. The maximum atomic E-state index is 12.5. The average molecular weight is 399 g/mol. The third kappa shape index (κ3) is 4.67. The van der Waals surface area contributed by atoms with Gasteiger partial charge in [0.1, 0.15) is 0 Å². The molecule has 0 aliphatic carbocycles. The average Bonchev–Trinajstić information content (AvgIpc) is 3.19. The second kappa shape index (κ2) is 9.32. The molecule has 0 atom stereocenters. The van der Waals surface area contributed by atoms with Gasteiger partial charge in [0, 0.05) is 32.3 Å². The number of nitrogens with one attached hydrogen (secondary N) is 1. The predicted octanol–water partition coefficient (Wildman–Crippen LogP) is 3.13. The van der Waals surface area contributed by atoms with Crippen molar-refractivity contribution in [2.75, 3.05) is 24.5 Å². The van der Waals surface area contributed by atoms with Crippen LogP contribution in [0.3, 0.4) is 0 Å². The maximum absolute atomic E-state index is 12.5. The van der Waals surface area contributed by atoms with Crippen LogP contribution in [-0.4, -0.2) is 45.3 Å². The molecule has 2 heterocycles. The summed E-state index contributed by atoms with van der Waals surface area (Å²) in [5, 5.41) is 7.63. The van der Waals surface area contributed by atoms with Crippen molar-refractivity contribution in [1.82, 2.24) is 25.1 Å². The van der Waals surface area contributed by atoms with Crippen molar-refractivity contribution < 1.29 is 4.79 Å². The number of benzene rings is 1. The first-order valence-electron chi connectivity index (χ1n) is 9.28. The Morgan fingerprint density at radius 1 is 1.18 bits per heavy atom. The highest BCUT2D eigenvalue weighted by Gasteiger charge is 2.16. The van der Waals surface area contributed by atoms with Gasteiger partial charge in [-0.05, 0) is 32.0 Å². The highest BCUT2D eigenvalue weighted by Crippen LogP contribution is 2.16. The Bertz CT molecular complexity index is 923. The van der Waals surface area contributed by atoms with Gasteiger partial charge in [-0.25, -0.2) is 14.6 Å². The summed E-state index contributed by atoms with van der Waals surface area (Å²) in [5.41, 5.74) is 2.07. The van der Waals surface area contributed by atoms with Crippen LogP contribution in [0.2, 0.25) is 5.02 Å². The second-order valence-electron chi connectivity index (χ2n) is 6.13. The third-order valence-corrected chi connectivity index (χ3v) is 4.60. The van der Waals surface area contributed by atoms with Crippen LogP contribution < -0.4 is 10.2 Å². The SMILES string of the molecule is CCN(CC)c1ncc(Cl)c(C(=O)NCCc2ccn(-c3ccccc3)n2)n1. The fourth-order valence-electron chi connectivity index (χ4n) is 2.78. The summed E-state index contributed by atoms with van der Waals surface area (Å²) in [7, 11) is 0. The molecule has 0 bridgehead atoms. The van der Waals surface area contributed by atoms with Gasteiger partial charge in [0.25, 0.3) is 5.91 Å². The number of hydrogen-bond acceptors (Lipinski definition) is 5. The van der Waals surface area contributed by atoms with Gasteiger partial charge in [-0.2, -0.15) is 5.10 Å². The summed E-state index contributed by atoms with van der Waals surface area (Å²) in [5.74, 6) is 0.185. The molecule has 146 valence electrons. The van der Waals surface area contributed by atoms with E-state index in [4.69, 9.17) is 11.6 Å². The van der Waals surface area contributed by atoms with Crippen LogP contribution in [0.1, 0.15) is 30.0 Å². The summed E-state index contributed by atoms with van der Waals surface area (Å²) in [6, 6.07) is 11.8. The normalized spacial score (nSPS) is 10.7. The van der Waals surface area contributed by atoms with Crippen molar-refractivity contribution >= 4 is 23.5 Å². The van der Waals surface area contributed by atoms with Gasteiger partial charge in [0.2, 0.25) is 5.95 Å². The van der Waals surface area contributed by atoms with Gasteiger partial charge in [0.15, 0.2) is 5.69 Å². The van der Waals surface area contributed by atoms with Gasteiger partial charge in [-0.3, -0.25) is 4.79 Å². The lowest BCUT2D eigenvalue weighted by Crippen LogP contribution is -2.29. The molecule has 0 saturated heterocycles. The summed E-state index contributed by atoms with van der Waals surface area (Å²) < 4.78 is 1.81. The van der Waals surface area contributed by atoms with E-state index in [-0.39, 0.29) is 16.6 Å². The minimum atomic E-state index is -0.316. The minimum absolute atomic E-state index is 0.188. The molecular formula is C20H23ClN6O. The number of halogens is 1. The fraction of sp³-hybridized carbons (Fsp3) is 0.300. The molecule has 1 aromatic carbocycles. The number of rotatable bonds is 8. The van der Waals surface area contributed by atoms with E-state index in [1.165, 1.54) is 6.20 Å². The van der Waals surface area contributed by atoms with Crippen molar-refractivity contribution in [2.45, 2.75) is 20.3 Å². The lowest BCUT2D eigenvalue weighted by molar-refractivity contribution is 0.0949. The third-order valence-electron chi connectivity index (χ3n) is 4.32. The molecule has 0 spiro atoms. The van der Waals surface area contributed by atoms with Crippen LogP contribution in [0.4, 0.5) is 5.95 Å². The van der Waals surface area contributed by atoms with E-state index < -0.39 is 0 Å². The zero-order chi connectivity index (χ0) is 19.9. The number of amides is 1. The first-order chi connectivity index (χ1) is 13.6. The molecule has 1 N–H and O–H groups in total. The van der Waals surface area contributed by atoms with Crippen LogP contribution in [0, 0.1) is 0 Å². The molecule has 7 nitrogen and oxygen atoms in total. The number of nitrogens with zero attached hydrogens (tertiary/aromatic N) is 5. The molecule has 0 aliphatic heterocycles. The molecular weight excluding hydrogens is 376 g/mol. The summed E-state index contributed by atoms with van der Waals surface area (Å²) in [6.07, 6.45) is 3.99. The van der Waals surface area contributed by atoms with E-state index in [9.17, 15) is 4.79 Å². The van der Waals surface area contributed by atoms with Gasteiger partial charge < -0.3 is 10.2 Å². The molecule has 2 aromatic heterocycles. The van der Waals surface area contributed by atoms with E-state index in [2.05, 4.69) is 20.4 Å². The Kier molecular flexibility index (Phi) is 6.60. The number of carbonyl (C=O) groups excluding carboxylic acids is 1. The standard InChI is InChI=1S/C20H23ClN6O/c1-3-26(4-2)20-23-14-17(21)18(24-20)19(28)22-12-10-15-11-13-27(25-15)16-8-6-5-7-9-16/h5-9,11,13-14H,3-4,10,12H2,1-2H3,(H,22,28). The number of aromatic nitrogens is 4. The van der Waals surface area contributed by atoms with Crippen LogP contribution in [-0.2, 0) is 6.42 Å². The minimum Gasteiger partial charge on any atom is -0.350 e.